The molecule has 2 aliphatic rings. The number of carboxylic acid groups (broad SMARTS) is 1. The molecule has 42 heavy (non-hydrogen) atoms. The van der Waals surface area contributed by atoms with Crippen LogP contribution in [-0.2, 0) is 25.3 Å². The Morgan fingerprint density at radius 3 is 2.24 bits per heavy atom. The zero-order valence-electron chi connectivity index (χ0n) is 25.9. The van der Waals surface area contributed by atoms with Gasteiger partial charge in [-0.05, 0) is 69.2 Å². The zero-order valence-corrected chi connectivity index (χ0v) is 29.5. The van der Waals surface area contributed by atoms with Crippen LogP contribution in [-0.4, -0.2) is 72.1 Å². The third kappa shape index (κ3) is 12.5. The number of carboxylic acids is 1. The number of methoxy groups -OCH3 is 1. The molecule has 2 atom stereocenters. The quantitative estimate of drug-likeness (QED) is 0.179. The van der Waals surface area contributed by atoms with Gasteiger partial charge in [0.25, 0.3) is 5.91 Å². The average Bonchev–Trinajstić information content (AvgIpc) is 3.11. The molecule has 1 amide bonds. The van der Waals surface area contributed by atoms with Gasteiger partial charge in [-0.15, -0.1) is 0 Å². The fraction of sp³-hybridized carbons (Fsp3) is 0.643. The Morgan fingerprint density at radius 2 is 1.81 bits per heavy atom. The van der Waals surface area contributed by atoms with E-state index in [1.54, 1.807) is 19.2 Å². The van der Waals surface area contributed by atoms with Crippen molar-refractivity contribution in [1.29, 1.82) is 0 Å². The Hall–Kier alpha value is -1.14. The predicted molar refractivity (Wildman–Crippen MR) is 159 cm³/mol. The van der Waals surface area contributed by atoms with Crippen LogP contribution in [0.3, 0.4) is 0 Å². The first-order chi connectivity index (χ1) is 19.0. The second-order valence-electron chi connectivity index (χ2n) is 10.7. The standard InChI is InChI=1S/C20H26ClNO4.C5H12NO4P.C3H9N.Na/c1-4-12-10-13(21)11-15(26-5-2)16(12)17-18(23)20(22-19(17)24)8-6-14(25-3)7-9-20;1-11(9,10)3-2-4(6)5(7)8;1-3(2)4;/h10-11,14,23H,4-9H2,1-3H3,(H,22,24);4H,2-3,6H2,1H3,(H,7,8)(H,9,10);3H,4H2,1-2H3;/q;;;+1/p-1. The van der Waals surface area contributed by atoms with Crippen molar-refractivity contribution in [3.8, 4) is 5.75 Å². The molecule has 1 aliphatic carbocycles. The molecule has 0 bridgehead atoms. The number of ether oxygens (including phenoxy) is 2. The Bertz CT molecular complexity index is 1120. The second kappa shape index (κ2) is 18.6. The van der Waals surface area contributed by atoms with Gasteiger partial charge in [0.2, 0.25) is 0 Å². The van der Waals surface area contributed by atoms with Crippen LogP contribution in [0.1, 0.15) is 70.9 Å². The third-order valence-corrected chi connectivity index (χ3v) is 7.92. The summed E-state index contributed by atoms with van der Waals surface area (Å²) in [7, 11) is -1.42. The molecular weight excluding hydrogens is 596 g/mol. The number of aliphatic carboxylic acids is 1. The Kier molecular flexibility index (Phi) is 18.1. The fourth-order valence-electron chi connectivity index (χ4n) is 4.55. The Morgan fingerprint density at radius 1 is 1.26 bits per heavy atom. The smallest absolute Gasteiger partial charge is 0.873 e. The third-order valence-electron chi connectivity index (χ3n) is 6.61. The summed E-state index contributed by atoms with van der Waals surface area (Å²) in [6, 6.07) is 2.79. The van der Waals surface area contributed by atoms with Crippen molar-refractivity contribution in [2.75, 3.05) is 26.5 Å². The predicted octanol–water partition coefficient (Wildman–Crippen LogP) is -0.124. The summed E-state index contributed by atoms with van der Waals surface area (Å²) in [4.78, 5) is 31.7. The van der Waals surface area contributed by atoms with Crippen LogP contribution < -0.4 is 56.2 Å². The summed E-state index contributed by atoms with van der Waals surface area (Å²) < 4.78 is 21.8. The summed E-state index contributed by atoms with van der Waals surface area (Å²) >= 11 is 6.20. The minimum absolute atomic E-state index is 0. The summed E-state index contributed by atoms with van der Waals surface area (Å²) in [5.74, 6) is -1.09. The molecule has 0 aromatic heterocycles. The number of rotatable bonds is 9. The number of carbonyl (C=O) groups excluding carboxylic acids is 1. The van der Waals surface area contributed by atoms with Crippen molar-refractivity contribution in [3.63, 3.8) is 0 Å². The Balaban J connectivity index is 0.000000882. The molecule has 14 heteroatoms. The van der Waals surface area contributed by atoms with Gasteiger partial charge in [0, 0.05) is 36.1 Å². The molecule has 0 saturated heterocycles. The molecule has 7 N–H and O–H groups in total. The second-order valence-corrected chi connectivity index (χ2v) is 13.6. The largest absolute Gasteiger partial charge is 1.00 e. The van der Waals surface area contributed by atoms with Crippen molar-refractivity contribution in [3.05, 3.63) is 34.0 Å². The van der Waals surface area contributed by atoms with Gasteiger partial charge in [-0.2, -0.15) is 0 Å². The maximum atomic E-state index is 13.3. The number of aryl methyl sites for hydroxylation is 1. The van der Waals surface area contributed by atoms with E-state index in [0.717, 1.165) is 18.4 Å². The molecule has 3 rings (SSSR count). The van der Waals surface area contributed by atoms with Crippen LogP contribution >= 0.6 is 19.0 Å². The molecule has 11 nitrogen and oxygen atoms in total. The molecule has 1 fully saturated rings. The van der Waals surface area contributed by atoms with E-state index in [1.807, 2.05) is 27.7 Å². The number of benzene rings is 1. The van der Waals surface area contributed by atoms with Gasteiger partial charge in [-0.1, -0.05) is 38.1 Å². The van der Waals surface area contributed by atoms with Gasteiger partial charge in [0.1, 0.15) is 11.8 Å². The van der Waals surface area contributed by atoms with E-state index in [4.69, 9.17) is 42.5 Å². The van der Waals surface area contributed by atoms with Crippen LogP contribution in [0.5, 0.6) is 5.75 Å². The monoisotopic (exact) mass is 641 g/mol. The molecular formula is C28H46ClN3NaO8P. The van der Waals surface area contributed by atoms with Crippen molar-refractivity contribution in [1.82, 2.24) is 5.32 Å². The molecule has 1 spiro atoms. The van der Waals surface area contributed by atoms with Crippen LogP contribution in [0.2, 0.25) is 5.02 Å². The van der Waals surface area contributed by atoms with Gasteiger partial charge >= 0.3 is 35.5 Å². The molecule has 2 unspecified atom stereocenters. The summed E-state index contributed by atoms with van der Waals surface area (Å²) in [6.45, 7) is 9.34. The number of amides is 1. The van der Waals surface area contributed by atoms with E-state index in [-0.39, 0.29) is 65.5 Å². The van der Waals surface area contributed by atoms with Crippen molar-refractivity contribution < 1.29 is 68.3 Å². The van der Waals surface area contributed by atoms with Gasteiger partial charge in [-0.3, -0.25) is 14.2 Å². The number of halogens is 1. The fourth-order valence-corrected chi connectivity index (χ4v) is 5.54. The molecule has 234 valence electrons. The molecule has 0 radical (unpaired) electrons. The molecule has 1 aromatic rings. The minimum atomic E-state index is -3.10. The summed E-state index contributed by atoms with van der Waals surface area (Å²) in [5.41, 5.74) is 11.0. The maximum Gasteiger partial charge on any atom is 1.00 e. The van der Waals surface area contributed by atoms with E-state index in [2.05, 4.69) is 5.32 Å². The topological polar surface area (TPSA) is 197 Å². The van der Waals surface area contributed by atoms with E-state index >= 15 is 0 Å². The SMILES string of the molecule is CC(C)N.CCOc1cc(Cl)cc(CC)c1C1=C([O-])C2(CCC(OC)CC2)NC1=O.CP(=O)(O)CCC(N)C(=O)O.[Na+]. The maximum absolute atomic E-state index is 13.3. The number of hydrogen-bond donors (Lipinski definition) is 5. The van der Waals surface area contributed by atoms with Gasteiger partial charge in [0.15, 0.2) is 7.37 Å². The minimum Gasteiger partial charge on any atom is -0.873 e. The molecule has 1 heterocycles. The summed E-state index contributed by atoms with van der Waals surface area (Å²) in [6.07, 6.45) is 3.51. The van der Waals surface area contributed by atoms with E-state index in [1.165, 1.54) is 6.66 Å². The molecule has 1 aromatic carbocycles. The Labute approximate surface area is 276 Å². The van der Waals surface area contributed by atoms with Crippen LogP contribution in [0.4, 0.5) is 0 Å². The van der Waals surface area contributed by atoms with Gasteiger partial charge in [-0.25, -0.2) is 0 Å². The first-order valence-electron chi connectivity index (χ1n) is 13.8. The van der Waals surface area contributed by atoms with E-state index < -0.39 is 24.9 Å². The average molecular weight is 642 g/mol. The van der Waals surface area contributed by atoms with Crippen LogP contribution in [0, 0.1) is 0 Å². The van der Waals surface area contributed by atoms with Crippen LogP contribution in [0.15, 0.2) is 17.9 Å². The van der Waals surface area contributed by atoms with Crippen molar-refractivity contribution in [2.24, 2.45) is 11.5 Å². The number of nitrogens with two attached hydrogens (primary N) is 2. The van der Waals surface area contributed by atoms with Gasteiger partial charge < -0.3 is 41.4 Å². The number of nitrogens with one attached hydrogen (secondary N) is 1. The first-order valence-corrected chi connectivity index (χ1v) is 16.4. The van der Waals surface area contributed by atoms with E-state index in [0.29, 0.717) is 48.2 Å². The molecule has 1 saturated carbocycles. The van der Waals surface area contributed by atoms with E-state index in [9.17, 15) is 19.3 Å². The summed E-state index contributed by atoms with van der Waals surface area (Å²) in [5, 5.41) is 25.1. The number of carbonyl (C=O) groups is 2. The number of hydrogen-bond acceptors (Lipinski definition) is 8. The van der Waals surface area contributed by atoms with Gasteiger partial charge in [0.05, 0.1) is 18.2 Å². The van der Waals surface area contributed by atoms with Crippen LogP contribution in [0.25, 0.3) is 5.57 Å². The van der Waals surface area contributed by atoms with Crippen molar-refractivity contribution >= 4 is 36.4 Å². The normalized spacial score (nSPS) is 21.7. The van der Waals surface area contributed by atoms with Crippen molar-refractivity contribution in [2.45, 2.75) is 89.9 Å². The molecule has 1 aliphatic heterocycles. The first kappa shape index (κ1) is 40.9. The zero-order chi connectivity index (χ0) is 31.5.